The van der Waals surface area contributed by atoms with Crippen LogP contribution in [0.4, 0.5) is 9.59 Å². The van der Waals surface area contributed by atoms with E-state index in [1.54, 1.807) is 0 Å². The fraction of sp³-hybridized carbons (Fsp3) is 0.833. The van der Waals surface area contributed by atoms with Gasteiger partial charge in [-0.3, -0.25) is 0 Å². The fourth-order valence-corrected chi connectivity index (χ4v) is 0.668. The van der Waals surface area contributed by atoms with Crippen LogP contribution >= 0.6 is 0 Å². The molecule has 1 unspecified atom stereocenters. The van der Waals surface area contributed by atoms with Gasteiger partial charge in [0.2, 0.25) is 0 Å². The van der Waals surface area contributed by atoms with Crippen LogP contribution in [0.5, 0.6) is 0 Å². The number of alkyl carbamates (subject to hydrolysis) is 1. The molecule has 0 spiro atoms. The zero-order valence-corrected chi connectivity index (χ0v) is 8.99. The second-order valence-electron chi connectivity index (χ2n) is 2.83. The molecule has 0 bridgehead atoms. The lowest BCUT2D eigenvalue weighted by Gasteiger charge is -2.27. The van der Waals surface area contributed by atoms with E-state index in [0.717, 1.165) is 0 Å². The van der Waals surface area contributed by atoms with Crippen LogP contribution in [0.1, 0.15) is 64.8 Å². The van der Waals surface area contributed by atoms with Gasteiger partial charge < -0.3 is 20.5 Å². The maximum Gasteiger partial charge on any atom is 0.407 e. The maximum atomic E-state index is 12.2. The van der Waals surface area contributed by atoms with Crippen molar-refractivity contribution >= 4 is 12.2 Å². The first-order chi connectivity index (χ1) is 15.4. The van der Waals surface area contributed by atoms with Gasteiger partial charge in [0.15, 0.2) is 0 Å². The van der Waals surface area contributed by atoms with Crippen LogP contribution in [0.3, 0.4) is 0 Å². The Balaban J connectivity index is 6.95. The van der Waals surface area contributed by atoms with E-state index in [-0.39, 0.29) is 0 Å². The summed E-state index contributed by atoms with van der Waals surface area (Å²) in [5.41, 5.74) is 0.543. The smallest absolute Gasteiger partial charge is 0.407 e. The summed E-state index contributed by atoms with van der Waals surface area (Å²) in [6.07, 6.45) is -12.7. The SMILES string of the molecule is [2H]C([2H])([2H])C(NC(=O)OCC(C([2H])([2H])[2H])(C([2H])([2H])OC(N)=O)C([2H])([2H])C([2H])([2H])C([2H])([2H])[2H])C([2H])([2H])[2H]. The number of carbonyl (C=O) groups is 2. The zero-order chi connectivity index (χ0) is 29.6. The number of nitrogens with two attached hydrogens (primary N) is 1. The van der Waals surface area contributed by atoms with Crippen LogP contribution in [0.15, 0.2) is 0 Å². The van der Waals surface area contributed by atoms with Crippen molar-refractivity contribution in [2.45, 2.75) is 46.2 Å². The number of hydrogen-bond donors (Lipinski definition) is 2. The highest BCUT2D eigenvalue weighted by Crippen LogP contribution is 2.24. The van der Waals surface area contributed by atoms with Gasteiger partial charge in [0, 0.05) is 33.4 Å². The molecule has 0 saturated heterocycles. The lowest BCUT2D eigenvalue weighted by Crippen LogP contribution is -2.37. The maximum absolute atomic E-state index is 12.2. The number of hydrogen-bond acceptors (Lipinski definition) is 4. The van der Waals surface area contributed by atoms with E-state index < -0.39 is 77.0 Å². The fourth-order valence-electron chi connectivity index (χ4n) is 0.668. The first-order valence-corrected chi connectivity index (χ1v) is 4.32. The van der Waals surface area contributed by atoms with Crippen molar-refractivity contribution in [3.8, 4) is 0 Å². The Morgan fingerprint density at radius 3 is 2.83 bits per heavy atom. The molecule has 0 rings (SSSR count). The lowest BCUT2D eigenvalue weighted by atomic mass is 9.87. The van der Waals surface area contributed by atoms with E-state index in [9.17, 15) is 9.59 Å². The summed E-state index contributed by atoms with van der Waals surface area (Å²) in [6, 6.07) is -2.61. The topological polar surface area (TPSA) is 90.7 Å². The molecule has 0 fully saturated rings. The minimum absolute atomic E-state index is 1.38. The summed E-state index contributed by atoms with van der Waals surface area (Å²) in [4.78, 5) is 23.5. The normalized spacial score (nSPS) is 33.8. The Morgan fingerprint density at radius 2 is 2.28 bits per heavy atom. The van der Waals surface area contributed by atoms with Crippen molar-refractivity contribution in [1.29, 1.82) is 0 Å². The number of carbonyl (C=O) groups excluding carboxylic acids is 2. The first-order valence-electron chi connectivity index (χ1n) is 13.3. The van der Waals surface area contributed by atoms with Crippen LogP contribution in [0, 0.1) is 5.41 Å². The monoisotopic (exact) mass is 278 g/mol. The Morgan fingerprint density at radius 1 is 1.50 bits per heavy atom. The van der Waals surface area contributed by atoms with E-state index in [0.29, 0.717) is 0 Å². The summed E-state index contributed by atoms with van der Waals surface area (Å²) in [5.74, 6) is 0. The average molecular weight is 278 g/mol. The summed E-state index contributed by atoms with van der Waals surface area (Å²) in [5, 5.41) is 1.38. The van der Waals surface area contributed by atoms with Gasteiger partial charge in [0.1, 0.15) is 13.2 Å². The summed E-state index contributed by atoms with van der Waals surface area (Å²) in [7, 11) is 0. The average Bonchev–Trinajstić information content (AvgIpc) is 2.53. The van der Waals surface area contributed by atoms with Gasteiger partial charge in [-0.1, -0.05) is 20.1 Å². The van der Waals surface area contributed by atoms with Crippen molar-refractivity contribution in [3.63, 3.8) is 0 Å². The molecule has 0 aliphatic heterocycles. The lowest BCUT2D eigenvalue weighted by molar-refractivity contribution is 0.0333. The van der Waals surface area contributed by atoms with E-state index in [1.165, 1.54) is 5.32 Å². The van der Waals surface area contributed by atoms with Crippen molar-refractivity contribution in [2.75, 3.05) is 13.2 Å². The molecular weight excluding hydrogens is 236 g/mol. The number of ether oxygens (including phenoxy) is 2. The molecule has 106 valence electrons. The standard InChI is InChI=1S/C12H24N2O4/c1-5-6-12(4,7-17-10(13)15)8-18-11(16)14-9(2)3/h9H,5-8H2,1-4H3,(H2,13,15)(H,14,16)/i1D3,2D3,3D3,4D3,5D2,6D2,7D2. The second kappa shape index (κ2) is 7.79. The van der Waals surface area contributed by atoms with Crippen LogP contribution in [0.2, 0.25) is 0 Å². The third-order valence-electron chi connectivity index (χ3n) is 1.28. The summed E-state index contributed by atoms with van der Waals surface area (Å²) in [6.45, 7) is -21.2. The van der Waals surface area contributed by atoms with Gasteiger partial charge in [-0.15, -0.1) is 0 Å². The minimum atomic E-state index is -4.39. The van der Waals surface area contributed by atoms with Crippen molar-refractivity contribution in [3.05, 3.63) is 0 Å². The quantitative estimate of drug-likeness (QED) is 0.745. The third kappa shape index (κ3) is 7.76. The number of rotatable bonds is 7. The van der Waals surface area contributed by atoms with Crippen LogP contribution < -0.4 is 11.1 Å². The highest BCUT2D eigenvalue weighted by molar-refractivity contribution is 5.67. The molecule has 18 heavy (non-hydrogen) atoms. The van der Waals surface area contributed by atoms with Crippen LogP contribution in [-0.2, 0) is 9.47 Å². The molecule has 0 heterocycles. The van der Waals surface area contributed by atoms with Crippen molar-refractivity contribution in [1.82, 2.24) is 5.32 Å². The Labute approximate surface area is 133 Å². The second-order valence-corrected chi connectivity index (χ2v) is 2.83. The van der Waals surface area contributed by atoms with E-state index in [1.807, 2.05) is 0 Å². The van der Waals surface area contributed by atoms with E-state index in [2.05, 4.69) is 9.47 Å². The van der Waals surface area contributed by atoms with Gasteiger partial charge in [0.05, 0.1) is 2.74 Å². The first kappa shape index (κ1) is 3.55. The minimum Gasteiger partial charge on any atom is -0.449 e. The molecule has 0 radical (unpaired) electrons. The molecule has 0 aliphatic carbocycles. The zero-order valence-electron chi connectivity index (χ0n) is 27.0. The molecule has 0 aromatic heterocycles. The molecule has 0 aliphatic rings. The van der Waals surface area contributed by atoms with Crippen molar-refractivity contribution in [2.24, 2.45) is 11.1 Å². The predicted molar refractivity (Wildman–Crippen MR) is 68.2 cm³/mol. The predicted octanol–water partition coefficient (Wildman–Crippen LogP) is 2.02. The van der Waals surface area contributed by atoms with E-state index >= 15 is 0 Å². The Hall–Kier alpha value is -1.46. The number of amides is 2. The molecule has 2 amide bonds. The van der Waals surface area contributed by atoms with Gasteiger partial charge in [-0.2, -0.15) is 0 Å². The van der Waals surface area contributed by atoms with Gasteiger partial charge in [-0.25, -0.2) is 9.59 Å². The Kier molecular flexibility index (Phi) is 1.54. The third-order valence-corrected chi connectivity index (χ3v) is 1.28. The molecule has 0 aromatic rings. The van der Waals surface area contributed by atoms with Crippen LogP contribution in [0.25, 0.3) is 0 Å². The van der Waals surface area contributed by atoms with Crippen LogP contribution in [-0.4, -0.2) is 31.4 Å². The van der Waals surface area contributed by atoms with Gasteiger partial charge in [-0.05, 0) is 20.1 Å². The summed E-state index contributed by atoms with van der Waals surface area (Å²) < 4.78 is 145. The molecule has 0 aromatic carbocycles. The molecule has 3 N–H and O–H groups in total. The van der Waals surface area contributed by atoms with Crippen molar-refractivity contribution < 1.29 is 43.7 Å². The highest BCUT2D eigenvalue weighted by Gasteiger charge is 2.27. The largest absolute Gasteiger partial charge is 0.449 e. The molecular formula is C12H24N2O4. The molecule has 6 heteroatoms. The highest BCUT2D eigenvalue weighted by atomic mass is 16.6. The molecule has 1 atom stereocenters. The van der Waals surface area contributed by atoms with E-state index in [4.69, 9.17) is 30.4 Å². The van der Waals surface area contributed by atoms with Gasteiger partial charge >= 0.3 is 12.2 Å². The number of nitrogens with one attached hydrogen (secondary N) is 1. The Bertz CT molecular complexity index is 799. The number of primary amides is 1. The molecule has 6 nitrogen and oxygen atoms in total. The summed E-state index contributed by atoms with van der Waals surface area (Å²) >= 11 is 0. The van der Waals surface area contributed by atoms with Gasteiger partial charge in [0.25, 0.3) is 0 Å². The molecule has 0 saturated carbocycles.